The van der Waals surface area contributed by atoms with Gasteiger partial charge in [-0.2, -0.15) is 9.57 Å². The lowest BCUT2D eigenvalue weighted by molar-refractivity contribution is 0.0472. The lowest BCUT2D eigenvalue weighted by atomic mass is 9.96. The molecular weight excluding hydrogens is 559 g/mol. The summed E-state index contributed by atoms with van der Waals surface area (Å²) in [6, 6.07) is 3.55. The van der Waals surface area contributed by atoms with Gasteiger partial charge in [-0.05, 0) is 59.1 Å². The minimum absolute atomic E-state index is 0.0699. The normalized spacial score (nSPS) is 23.6. The van der Waals surface area contributed by atoms with Gasteiger partial charge in [-0.25, -0.2) is 22.8 Å². The Morgan fingerprint density at radius 1 is 1.30 bits per heavy atom. The first-order valence-electron chi connectivity index (χ1n) is 13.1. The van der Waals surface area contributed by atoms with Gasteiger partial charge >= 0.3 is 0 Å². The molecule has 13 heteroatoms. The quantitative estimate of drug-likeness (QED) is 0.392. The number of hydrogen-bond donors (Lipinski definition) is 3. The molecule has 0 spiro atoms. The number of hydrogen-bond acceptors (Lipinski definition) is 8. The second kappa shape index (κ2) is 9.92. The monoisotopic (exact) mass is 590 g/mol. The number of sulfonamides is 1. The van der Waals surface area contributed by atoms with Gasteiger partial charge in [0.25, 0.3) is 0 Å². The van der Waals surface area contributed by atoms with Gasteiger partial charge in [-0.15, -0.1) is 0 Å². The lowest BCUT2D eigenvalue weighted by Gasteiger charge is -2.41. The van der Waals surface area contributed by atoms with Crippen molar-refractivity contribution in [2.24, 2.45) is 0 Å². The second-order valence-corrected chi connectivity index (χ2v) is 13.8. The molecule has 2 aliphatic rings. The second-order valence-electron chi connectivity index (χ2n) is 11.5. The maximum absolute atomic E-state index is 15.7. The Morgan fingerprint density at radius 3 is 2.60 bits per heavy atom. The number of piperidine rings is 1. The Bertz CT molecular complexity index is 1650. The minimum atomic E-state index is -3.46. The van der Waals surface area contributed by atoms with Crippen molar-refractivity contribution in [1.29, 1.82) is 5.26 Å². The highest BCUT2D eigenvalue weighted by Gasteiger charge is 2.50. The predicted octanol–water partition coefficient (Wildman–Crippen LogP) is 3.91. The molecule has 2 bridgehead atoms. The molecule has 0 saturated carbocycles. The number of fused-ring (bicyclic) bond motifs is 3. The Hall–Kier alpha value is -2.82. The summed E-state index contributed by atoms with van der Waals surface area (Å²) in [5.41, 5.74) is -0.0120. The zero-order valence-corrected chi connectivity index (χ0v) is 24.4. The van der Waals surface area contributed by atoms with Crippen LogP contribution in [0.4, 0.5) is 10.3 Å². The summed E-state index contributed by atoms with van der Waals surface area (Å²) in [5, 5.41) is 35.2. The van der Waals surface area contributed by atoms with Crippen LogP contribution >= 0.6 is 11.6 Å². The van der Waals surface area contributed by atoms with Crippen molar-refractivity contribution in [2.45, 2.75) is 82.8 Å². The molecule has 5 rings (SSSR count). The smallest absolute Gasteiger partial charge is 0.223 e. The zero-order valence-electron chi connectivity index (χ0n) is 22.9. The molecule has 2 aromatic heterocycles. The number of nitrogens with zero attached hydrogens (tertiary/aromatic N) is 5. The highest BCUT2D eigenvalue weighted by atomic mass is 35.5. The minimum Gasteiger partial charge on any atom is -0.389 e. The fourth-order valence-electron chi connectivity index (χ4n) is 6.37. The van der Waals surface area contributed by atoms with Crippen LogP contribution in [0.3, 0.4) is 0 Å². The summed E-state index contributed by atoms with van der Waals surface area (Å²) in [4.78, 5) is 8.80. The first-order valence-corrected chi connectivity index (χ1v) is 15.3. The number of aliphatic hydroxyl groups is 2. The highest BCUT2D eigenvalue weighted by Crippen LogP contribution is 2.41. The molecule has 1 aromatic carbocycles. The number of nitriles is 1. The number of nitrogens with one attached hydrogen (secondary N) is 1. The van der Waals surface area contributed by atoms with Crippen LogP contribution in [0.2, 0.25) is 5.02 Å². The number of anilines is 1. The maximum atomic E-state index is 15.7. The van der Waals surface area contributed by atoms with E-state index in [1.807, 2.05) is 13.8 Å². The number of benzene rings is 1. The Balaban J connectivity index is 1.56. The standard InChI is InChI=1S/C27H32ClFN6O4S/c1-13(2)34-21-9-14(8-18(29)22(21)16(11-30)25(34)27(3,4)37)23-17(28)12-31-26(33-23)32-19-10-15-6-7-20(24(19)36)35(15)40(5,38)39/h8-9,12-13,15,19-20,24,36-37H,6-7,10H2,1-5H3,(H,31,32,33)/t15-,19-,20+,24+/m0/s1. The van der Waals surface area contributed by atoms with Gasteiger partial charge in [0, 0.05) is 17.6 Å². The summed E-state index contributed by atoms with van der Waals surface area (Å²) in [6.45, 7) is 6.88. The van der Waals surface area contributed by atoms with Gasteiger partial charge in [0.15, 0.2) is 0 Å². The van der Waals surface area contributed by atoms with Crippen LogP contribution in [-0.2, 0) is 15.6 Å². The number of aromatic nitrogens is 3. The van der Waals surface area contributed by atoms with E-state index in [-0.39, 0.29) is 39.7 Å². The fraction of sp³-hybridized carbons (Fsp3) is 0.519. The van der Waals surface area contributed by atoms with Crippen LogP contribution in [0.25, 0.3) is 22.2 Å². The third-order valence-electron chi connectivity index (χ3n) is 7.79. The van der Waals surface area contributed by atoms with Crippen molar-refractivity contribution in [1.82, 2.24) is 18.8 Å². The molecule has 2 fully saturated rings. The molecule has 4 heterocycles. The van der Waals surface area contributed by atoms with E-state index in [0.717, 1.165) is 6.26 Å². The van der Waals surface area contributed by atoms with Crippen molar-refractivity contribution in [3.63, 3.8) is 0 Å². The van der Waals surface area contributed by atoms with Gasteiger partial charge in [0.2, 0.25) is 16.0 Å². The Morgan fingerprint density at radius 2 is 2.00 bits per heavy atom. The van der Waals surface area contributed by atoms with Crippen molar-refractivity contribution < 1.29 is 23.0 Å². The summed E-state index contributed by atoms with van der Waals surface area (Å²) >= 11 is 6.47. The summed E-state index contributed by atoms with van der Waals surface area (Å²) < 4.78 is 43.4. The fourth-order valence-corrected chi connectivity index (χ4v) is 8.02. The van der Waals surface area contributed by atoms with Crippen molar-refractivity contribution in [3.8, 4) is 17.3 Å². The molecule has 40 heavy (non-hydrogen) atoms. The molecule has 214 valence electrons. The van der Waals surface area contributed by atoms with Crippen molar-refractivity contribution in [2.75, 3.05) is 11.6 Å². The molecule has 0 radical (unpaired) electrons. The van der Waals surface area contributed by atoms with Crippen molar-refractivity contribution in [3.05, 3.63) is 40.4 Å². The van der Waals surface area contributed by atoms with Crippen LogP contribution in [0.15, 0.2) is 18.3 Å². The number of halogens is 2. The molecule has 0 amide bonds. The van der Waals surface area contributed by atoms with E-state index in [2.05, 4.69) is 21.4 Å². The number of aliphatic hydroxyl groups excluding tert-OH is 1. The topological polar surface area (TPSA) is 144 Å². The Kier molecular flexibility index (Phi) is 7.12. The summed E-state index contributed by atoms with van der Waals surface area (Å²) in [6.07, 6.45) is 3.17. The van der Waals surface area contributed by atoms with E-state index < -0.39 is 39.6 Å². The molecular formula is C27H32ClFN6O4S. The first-order chi connectivity index (χ1) is 18.6. The van der Waals surface area contributed by atoms with Gasteiger partial charge in [-0.3, -0.25) is 0 Å². The van der Waals surface area contributed by atoms with Crippen molar-refractivity contribution >= 4 is 38.5 Å². The van der Waals surface area contributed by atoms with Gasteiger partial charge < -0.3 is 20.1 Å². The lowest BCUT2D eigenvalue weighted by Crippen LogP contribution is -2.58. The molecule has 10 nitrogen and oxygen atoms in total. The molecule has 2 saturated heterocycles. The average Bonchev–Trinajstić information content (AvgIpc) is 3.39. The molecule has 4 atom stereocenters. The molecule has 3 N–H and O–H groups in total. The summed E-state index contributed by atoms with van der Waals surface area (Å²) in [7, 11) is -3.46. The van der Waals surface area contributed by atoms with Gasteiger partial charge in [-0.1, -0.05) is 11.6 Å². The van der Waals surface area contributed by atoms with E-state index in [0.29, 0.717) is 36.0 Å². The van der Waals surface area contributed by atoms with E-state index in [1.54, 1.807) is 24.5 Å². The van der Waals surface area contributed by atoms with Crippen LogP contribution in [0.1, 0.15) is 64.3 Å². The van der Waals surface area contributed by atoms with Gasteiger partial charge in [0.05, 0.1) is 63.5 Å². The van der Waals surface area contributed by atoms with Crippen LogP contribution in [-0.4, -0.2) is 68.0 Å². The Labute approximate surface area is 237 Å². The van der Waals surface area contributed by atoms with E-state index in [1.165, 1.54) is 16.6 Å². The molecule has 0 aliphatic carbocycles. The summed E-state index contributed by atoms with van der Waals surface area (Å²) in [5.74, 6) is -0.497. The van der Waals surface area contributed by atoms with E-state index in [9.17, 15) is 23.9 Å². The third kappa shape index (κ3) is 4.73. The molecule has 0 unspecified atom stereocenters. The predicted molar refractivity (Wildman–Crippen MR) is 150 cm³/mol. The maximum Gasteiger partial charge on any atom is 0.223 e. The SMILES string of the molecule is CC(C)n1c(C(C)(C)O)c(C#N)c2c(F)cc(-c3nc(N[C@H]4C[C@@H]5CC[C@H]([C@@H]4O)N5S(C)(=O)=O)ncc3Cl)cc21. The van der Waals surface area contributed by atoms with Crippen LogP contribution < -0.4 is 5.32 Å². The third-order valence-corrected chi connectivity index (χ3v) is 9.41. The largest absolute Gasteiger partial charge is 0.389 e. The van der Waals surface area contributed by atoms with E-state index >= 15 is 4.39 Å². The highest BCUT2D eigenvalue weighted by molar-refractivity contribution is 7.88. The first kappa shape index (κ1) is 28.7. The van der Waals surface area contributed by atoms with E-state index in [4.69, 9.17) is 11.6 Å². The van der Waals surface area contributed by atoms with Gasteiger partial charge in [0.1, 0.15) is 17.5 Å². The van der Waals surface area contributed by atoms with Crippen LogP contribution in [0, 0.1) is 17.1 Å². The number of rotatable bonds is 6. The molecule has 2 aliphatic heterocycles. The average molecular weight is 591 g/mol. The zero-order chi connectivity index (χ0) is 29.3. The molecule has 3 aromatic rings. The van der Waals surface area contributed by atoms with Crippen LogP contribution in [0.5, 0.6) is 0 Å².